The zero-order valence-electron chi connectivity index (χ0n) is 12.0. The highest BCUT2D eigenvalue weighted by molar-refractivity contribution is 6.36. The third-order valence-corrected chi connectivity index (χ3v) is 5.06. The van der Waals surface area contributed by atoms with E-state index in [4.69, 9.17) is 28.5 Å². The Kier molecular flexibility index (Phi) is 5.75. The minimum atomic E-state index is 0.397. The average Bonchev–Trinajstić information content (AvgIpc) is 2.45. The van der Waals surface area contributed by atoms with Crippen LogP contribution < -0.4 is 0 Å². The smallest absolute Gasteiger partial charge is 0.102 e. The van der Waals surface area contributed by atoms with Gasteiger partial charge in [-0.15, -0.1) is 0 Å². The average molecular weight is 310 g/mol. The van der Waals surface area contributed by atoms with Crippen LogP contribution in [0.2, 0.25) is 10.0 Å². The van der Waals surface area contributed by atoms with Crippen molar-refractivity contribution in [3.63, 3.8) is 0 Å². The van der Waals surface area contributed by atoms with E-state index in [0.29, 0.717) is 21.5 Å². The molecule has 0 aliphatic heterocycles. The first kappa shape index (κ1) is 15.7. The highest BCUT2D eigenvalue weighted by Crippen LogP contribution is 2.40. The maximum atomic E-state index is 9.00. The summed E-state index contributed by atoms with van der Waals surface area (Å²) in [4.78, 5) is 0. The van der Waals surface area contributed by atoms with Gasteiger partial charge in [-0.1, -0.05) is 49.4 Å². The lowest BCUT2D eigenvalue weighted by atomic mass is 9.77. The van der Waals surface area contributed by atoms with Gasteiger partial charge in [0.25, 0.3) is 0 Å². The van der Waals surface area contributed by atoms with Crippen LogP contribution >= 0.6 is 23.2 Å². The molecule has 0 unspecified atom stereocenters. The van der Waals surface area contributed by atoms with E-state index in [1.54, 1.807) is 0 Å². The van der Waals surface area contributed by atoms with Crippen molar-refractivity contribution >= 4 is 23.2 Å². The largest absolute Gasteiger partial charge is 0.192 e. The molecule has 1 aliphatic rings. The molecule has 1 aromatic rings. The van der Waals surface area contributed by atoms with E-state index in [1.807, 2.05) is 12.1 Å². The maximum absolute atomic E-state index is 9.00. The van der Waals surface area contributed by atoms with Crippen LogP contribution in [0.1, 0.15) is 68.9 Å². The molecular formula is C17H21Cl2N. The number of unbranched alkanes of at least 4 members (excludes halogenated alkanes) is 1. The zero-order chi connectivity index (χ0) is 14.5. The minimum Gasteiger partial charge on any atom is -0.192 e. The molecule has 1 saturated carbocycles. The van der Waals surface area contributed by atoms with Crippen LogP contribution in [0.15, 0.2) is 12.1 Å². The Morgan fingerprint density at radius 3 is 2.25 bits per heavy atom. The summed E-state index contributed by atoms with van der Waals surface area (Å²) in [7, 11) is 0. The molecule has 108 valence electrons. The van der Waals surface area contributed by atoms with Crippen LogP contribution in [0.5, 0.6) is 0 Å². The molecule has 0 heterocycles. The molecule has 0 N–H and O–H groups in total. The van der Waals surface area contributed by atoms with Crippen molar-refractivity contribution in [3.05, 3.63) is 33.3 Å². The summed E-state index contributed by atoms with van der Waals surface area (Å²) in [6.45, 7) is 2.26. The summed E-state index contributed by atoms with van der Waals surface area (Å²) >= 11 is 12.3. The van der Waals surface area contributed by atoms with Gasteiger partial charge in [0.15, 0.2) is 0 Å². The number of rotatable bonds is 4. The minimum absolute atomic E-state index is 0.397. The van der Waals surface area contributed by atoms with Gasteiger partial charge < -0.3 is 0 Å². The molecule has 0 aromatic heterocycles. The van der Waals surface area contributed by atoms with Crippen molar-refractivity contribution in [3.8, 4) is 6.07 Å². The Balaban J connectivity index is 2.02. The van der Waals surface area contributed by atoms with Gasteiger partial charge in [-0.2, -0.15) is 5.26 Å². The second-order valence-corrected chi connectivity index (χ2v) is 6.65. The number of nitrogens with zero attached hydrogens (tertiary/aromatic N) is 1. The molecule has 0 bridgehead atoms. The van der Waals surface area contributed by atoms with Gasteiger partial charge in [0.2, 0.25) is 0 Å². The predicted molar refractivity (Wildman–Crippen MR) is 85.4 cm³/mol. The monoisotopic (exact) mass is 309 g/mol. The van der Waals surface area contributed by atoms with Crippen LogP contribution in [0, 0.1) is 17.2 Å². The summed E-state index contributed by atoms with van der Waals surface area (Å²) in [6, 6.07) is 5.93. The van der Waals surface area contributed by atoms with Crippen molar-refractivity contribution in [1.82, 2.24) is 0 Å². The Morgan fingerprint density at radius 1 is 1.15 bits per heavy atom. The molecule has 0 radical (unpaired) electrons. The molecule has 0 spiro atoms. The summed E-state index contributed by atoms with van der Waals surface area (Å²) in [6.07, 6.45) is 9.06. The Labute approximate surface area is 131 Å². The van der Waals surface area contributed by atoms with Crippen LogP contribution in [-0.4, -0.2) is 0 Å². The van der Waals surface area contributed by atoms with Gasteiger partial charge in [0.1, 0.15) is 6.07 Å². The van der Waals surface area contributed by atoms with Gasteiger partial charge >= 0.3 is 0 Å². The first-order valence-corrected chi connectivity index (χ1v) is 8.30. The van der Waals surface area contributed by atoms with Gasteiger partial charge in [-0.05, 0) is 55.2 Å². The van der Waals surface area contributed by atoms with E-state index in [2.05, 4.69) is 13.0 Å². The fourth-order valence-electron chi connectivity index (χ4n) is 3.21. The topological polar surface area (TPSA) is 23.8 Å². The van der Waals surface area contributed by atoms with Crippen molar-refractivity contribution in [2.45, 2.75) is 57.8 Å². The number of hydrogen-bond acceptors (Lipinski definition) is 1. The summed E-state index contributed by atoms with van der Waals surface area (Å²) in [5.41, 5.74) is 1.60. The Morgan fingerprint density at radius 2 is 1.75 bits per heavy atom. The lowest BCUT2D eigenvalue weighted by molar-refractivity contribution is 0.304. The molecule has 1 nitrogen and oxygen atoms in total. The molecule has 1 fully saturated rings. The normalized spacial score (nSPS) is 22.5. The highest BCUT2D eigenvalue weighted by Gasteiger charge is 2.23. The van der Waals surface area contributed by atoms with Crippen molar-refractivity contribution < 1.29 is 0 Å². The fourth-order valence-corrected chi connectivity index (χ4v) is 3.80. The van der Waals surface area contributed by atoms with Gasteiger partial charge in [0.05, 0.1) is 15.6 Å². The second-order valence-electron chi connectivity index (χ2n) is 5.83. The van der Waals surface area contributed by atoms with Crippen molar-refractivity contribution in [1.29, 1.82) is 5.26 Å². The molecule has 1 aromatic carbocycles. The molecule has 1 aliphatic carbocycles. The molecule has 0 atom stereocenters. The molecule has 0 saturated heterocycles. The van der Waals surface area contributed by atoms with Crippen molar-refractivity contribution in [2.75, 3.05) is 0 Å². The first-order chi connectivity index (χ1) is 9.65. The van der Waals surface area contributed by atoms with Crippen molar-refractivity contribution in [2.24, 2.45) is 5.92 Å². The van der Waals surface area contributed by atoms with E-state index in [9.17, 15) is 0 Å². The molecule has 0 amide bonds. The summed E-state index contributed by atoms with van der Waals surface area (Å²) < 4.78 is 0. The van der Waals surface area contributed by atoms with Crippen LogP contribution in [0.25, 0.3) is 0 Å². The van der Waals surface area contributed by atoms with Crippen LogP contribution in [0.4, 0.5) is 0 Å². The van der Waals surface area contributed by atoms with E-state index < -0.39 is 0 Å². The molecule has 20 heavy (non-hydrogen) atoms. The SMILES string of the molecule is CCCC[C@H]1CC[C@H](c2cc(Cl)c(C#N)c(Cl)c2)CC1. The summed E-state index contributed by atoms with van der Waals surface area (Å²) in [5.74, 6) is 1.45. The van der Waals surface area contributed by atoms with Crippen LogP contribution in [0.3, 0.4) is 0 Å². The van der Waals surface area contributed by atoms with E-state index >= 15 is 0 Å². The van der Waals surface area contributed by atoms with E-state index in [0.717, 1.165) is 5.92 Å². The van der Waals surface area contributed by atoms with Gasteiger partial charge in [-0.25, -0.2) is 0 Å². The second kappa shape index (κ2) is 7.34. The van der Waals surface area contributed by atoms with Crippen LogP contribution in [-0.2, 0) is 0 Å². The van der Waals surface area contributed by atoms with E-state index in [-0.39, 0.29) is 0 Å². The number of nitriles is 1. The number of benzene rings is 1. The maximum Gasteiger partial charge on any atom is 0.102 e. The predicted octanol–water partition coefficient (Wildman–Crippen LogP) is 6.33. The number of halogens is 2. The molecule has 3 heteroatoms. The Hall–Kier alpha value is -0.710. The van der Waals surface area contributed by atoms with E-state index in [1.165, 1.54) is 50.5 Å². The molecule has 2 rings (SSSR count). The quantitative estimate of drug-likeness (QED) is 0.637. The fraction of sp³-hybridized carbons (Fsp3) is 0.588. The highest BCUT2D eigenvalue weighted by atomic mass is 35.5. The number of hydrogen-bond donors (Lipinski definition) is 0. The zero-order valence-corrected chi connectivity index (χ0v) is 13.5. The lowest BCUT2D eigenvalue weighted by Gasteiger charge is -2.29. The van der Waals surface area contributed by atoms with Gasteiger partial charge in [-0.3, -0.25) is 0 Å². The first-order valence-electron chi connectivity index (χ1n) is 7.54. The van der Waals surface area contributed by atoms with Gasteiger partial charge in [0, 0.05) is 0 Å². The standard InChI is InChI=1S/C17H21Cl2N/c1-2-3-4-12-5-7-13(8-6-12)14-9-16(18)15(11-20)17(19)10-14/h9-10,12-13H,2-8H2,1H3/t12-,13-. The molecular weight excluding hydrogens is 289 g/mol. The Bertz CT molecular complexity index is 473. The third kappa shape index (κ3) is 3.68. The summed E-state index contributed by atoms with van der Waals surface area (Å²) in [5, 5.41) is 9.98. The lowest BCUT2D eigenvalue weighted by Crippen LogP contribution is -2.13. The third-order valence-electron chi connectivity index (χ3n) is 4.46.